The van der Waals surface area contributed by atoms with Crippen LogP contribution in [0.1, 0.15) is 12.5 Å². The molecule has 0 aliphatic rings. The van der Waals surface area contributed by atoms with Crippen LogP contribution in [0.4, 0.5) is 0 Å². The highest BCUT2D eigenvalue weighted by molar-refractivity contribution is 5.33. The van der Waals surface area contributed by atoms with Crippen LogP contribution >= 0.6 is 0 Å². The van der Waals surface area contributed by atoms with Crippen LogP contribution in [-0.2, 0) is 0 Å². The summed E-state index contributed by atoms with van der Waals surface area (Å²) in [4.78, 5) is 0. The topological polar surface area (TPSA) is 12.0 Å². The summed E-state index contributed by atoms with van der Waals surface area (Å²) in [5.74, 6) is 8.64. The Hall–Kier alpha value is -1.70. The Morgan fingerprint density at radius 2 is 2.07 bits per heavy atom. The highest BCUT2D eigenvalue weighted by atomic mass is 14.9. The Morgan fingerprint density at radius 3 is 2.71 bits per heavy atom. The van der Waals surface area contributed by atoms with Crippen LogP contribution in [0.2, 0.25) is 0 Å². The molecule has 1 aromatic carbocycles. The van der Waals surface area contributed by atoms with Crippen molar-refractivity contribution in [2.24, 2.45) is 0 Å². The maximum Gasteiger partial charge on any atom is 0.0665 e. The Morgan fingerprint density at radius 1 is 1.36 bits per heavy atom. The van der Waals surface area contributed by atoms with Crippen molar-refractivity contribution in [3.63, 3.8) is 0 Å². The number of terminal acetylenes is 1. The lowest BCUT2D eigenvalue weighted by Gasteiger charge is -2.00. The van der Waals surface area contributed by atoms with Gasteiger partial charge in [-0.2, -0.15) is 0 Å². The molecule has 0 amide bonds. The van der Waals surface area contributed by atoms with E-state index in [1.807, 2.05) is 37.3 Å². The minimum absolute atomic E-state index is 0.0834. The van der Waals surface area contributed by atoms with Gasteiger partial charge in [0.05, 0.1) is 12.6 Å². The molecule has 0 aliphatic heterocycles. The molecule has 1 nitrogen and oxygen atoms in total. The molecule has 0 heterocycles. The van der Waals surface area contributed by atoms with Gasteiger partial charge in [-0.05, 0) is 19.1 Å². The fraction of sp³-hybridized carbons (Fsp3) is 0.231. The minimum Gasteiger partial charge on any atom is -0.293 e. The largest absolute Gasteiger partial charge is 0.293 e. The average Bonchev–Trinajstić information content (AvgIpc) is 2.25. The Kier molecular flexibility index (Phi) is 4.35. The first-order valence-electron chi connectivity index (χ1n) is 4.56. The SMILES string of the molecule is C#CC(C)NCC#Cc1ccccc1. The van der Waals surface area contributed by atoms with Crippen molar-refractivity contribution < 1.29 is 0 Å². The molecule has 0 radical (unpaired) electrons. The van der Waals surface area contributed by atoms with Crippen molar-refractivity contribution >= 4 is 0 Å². The zero-order chi connectivity index (χ0) is 10.2. The van der Waals surface area contributed by atoms with E-state index in [0.29, 0.717) is 6.54 Å². The van der Waals surface area contributed by atoms with Crippen molar-refractivity contribution in [2.45, 2.75) is 13.0 Å². The van der Waals surface area contributed by atoms with Crippen LogP contribution in [0.25, 0.3) is 0 Å². The fourth-order valence-electron chi connectivity index (χ4n) is 0.931. The molecule has 0 saturated heterocycles. The first-order valence-corrected chi connectivity index (χ1v) is 4.56. The molecule has 0 aromatic heterocycles. The fourth-order valence-corrected chi connectivity index (χ4v) is 0.931. The second-order valence-corrected chi connectivity index (χ2v) is 2.94. The molecule has 1 rings (SSSR count). The average molecular weight is 183 g/mol. The molecule has 0 aliphatic carbocycles. The van der Waals surface area contributed by atoms with E-state index in [4.69, 9.17) is 6.42 Å². The molecule has 0 spiro atoms. The Balaban J connectivity index is 2.39. The van der Waals surface area contributed by atoms with Gasteiger partial charge in [-0.15, -0.1) is 6.42 Å². The Labute approximate surface area is 85.5 Å². The lowest BCUT2D eigenvalue weighted by molar-refractivity contribution is 0.711. The van der Waals surface area contributed by atoms with Gasteiger partial charge < -0.3 is 0 Å². The van der Waals surface area contributed by atoms with Crippen LogP contribution in [0.15, 0.2) is 30.3 Å². The van der Waals surface area contributed by atoms with E-state index in [-0.39, 0.29) is 6.04 Å². The summed E-state index contributed by atoms with van der Waals surface area (Å²) in [7, 11) is 0. The second kappa shape index (κ2) is 5.86. The Bertz CT molecular complexity index is 362. The van der Waals surface area contributed by atoms with Gasteiger partial charge in [0.25, 0.3) is 0 Å². The molecule has 0 saturated carbocycles. The standard InChI is InChI=1S/C13H13N/c1-3-12(2)14-11-7-10-13-8-5-4-6-9-13/h1,4-6,8-9,12,14H,11H2,2H3. The van der Waals surface area contributed by atoms with Crippen LogP contribution < -0.4 is 5.32 Å². The molecule has 1 N–H and O–H groups in total. The second-order valence-electron chi connectivity index (χ2n) is 2.94. The third kappa shape index (κ3) is 3.81. The number of hydrogen-bond acceptors (Lipinski definition) is 1. The van der Waals surface area contributed by atoms with Crippen LogP contribution in [0, 0.1) is 24.2 Å². The summed E-state index contributed by atoms with van der Waals surface area (Å²) >= 11 is 0. The highest BCUT2D eigenvalue weighted by Crippen LogP contribution is 1.94. The van der Waals surface area contributed by atoms with Crippen LogP contribution in [0.3, 0.4) is 0 Å². The first-order chi connectivity index (χ1) is 6.83. The molecule has 1 heteroatoms. The zero-order valence-electron chi connectivity index (χ0n) is 8.25. The van der Waals surface area contributed by atoms with E-state index in [1.165, 1.54) is 0 Å². The smallest absolute Gasteiger partial charge is 0.0665 e. The van der Waals surface area contributed by atoms with E-state index in [2.05, 4.69) is 23.1 Å². The summed E-state index contributed by atoms with van der Waals surface area (Å²) in [6, 6.07) is 9.97. The van der Waals surface area contributed by atoms with Gasteiger partial charge in [-0.25, -0.2) is 0 Å². The number of nitrogens with one attached hydrogen (secondary N) is 1. The molecule has 14 heavy (non-hydrogen) atoms. The molecule has 0 fully saturated rings. The third-order valence-corrected chi connectivity index (χ3v) is 1.75. The van der Waals surface area contributed by atoms with Gasteiger partial charge in [0.15, 0.2) is 0 Å². The molecule has 1 atom stereocenters. The summed E-state index contributed by atoms with van der Waals surface area (Å²) in [5.41, 5.74) is 1.03. The first kappa shape index (κ1) is 10.4. The lowest BCUT2D eigenvalue weighted by atomic mass is 10.2. The zero-order valence-corrected chi connectivity index (χ0v) is 8.25. The normalized spacial score (nSPS) is 10.9. The summed E-state index contributed by atoms with van der Waals surface area (Å²) in [5, 5.41) is 3.09. The molecule has 0 bridgehead atoms. The van der Waals surface area contributed by atoms with Gasteiger partial charge in [-0.3, -0.25) is 5.32 Å². The van der Waals surface area contributed by atoms with Gasteiger partial charge >= 0.3 is 0 Å². The van der Waals surface area contributed by atoms with Crippen LogP contribution in [-0.4, -0.2) is 12.6 Å². The molecule has 1 unspecified atom stereocenters. The van der Waals surface area contributed by atoms with Gasteiger partial charge in [-0.1, -0.05) is 36.0 Å². The molecule has 70 valence electrons. The predicted molar refractivity (Wildman–Crippen MR) is 59.6 cm³/mol. The molecular formula is C13H13N. The van der Waals surface area contributed by atoms with Gasteiger partial charge in [0.1, 0.15) is 0 Å². The minimum atomic E-state index is 0.0834. The number of rotatable bonds is 2. The van der Waals surface area contributed by atoms with Crippen molar-refractivity contribution in [3.05, 3.63) is 35.9 Å². The molecular weight excluding hydrogens is 170 g/mol. The van der Waals surface area contributed by atoms with E-state index in [9.17, 15) is 0 Å². The molecule has 1 aromatic rings. The predicted octanol–water partition coefficient (Wildman–Crippen LogP) is 1.65. The van der Waals surface area contributed by atoms with E-state index < -0.39 is 0 Å². The maximum absolute atomic E-state index is 5.20. The number of hydrogen-bond donors (Lipinski definition) is 1. The quantitative estimate of drug-likeness (QED) is 0.687. The monoisotopic (exact) mass is 183 g/mol. The van der Waals surface area contributed by atoms with E-state index in [0.717, 1.165) is 5.56 Å². The van der Waals surface area contributed by atoms with Crippen molar-refractivity contribution in [2.75, 3.05) is 6.54 Å². The van der Waals surface area contributed by atoms with Crippen molar-refractivity contribution in [1.29, 1.82) is 0 Å². The summed E-state index contributed by atoms with van der Waals surface area (Å²) < 4.78 is 0. The highest BCUT2D eigenvalue weighted by Gasteiger charge is 1.89. The van der Waals surface area contributed by atoms with E-state index >= 15 is 0 Å². The van der Waals surface area contributed by atoms with Crippen molar-refractivity contribution in [3.8, 4) is 24.2 Å². The van der Waals surface area contributed by atoms with Crippen molar-refractivity contribution in [1.82, 2.24) is 5.32 Å². The van der Waals surface area contributed by atoms with Gasteiger partial charge in [0, 0.05) is 5.56 Å². The summed E-state index contributed by atoms with van der Waals surface area (Å²) in [6.45, 7) is 2.56. The van der Waals surface area contributed by atoms with Crippen LogP contribution in [0.5, 0.6) is 0 Å². The third-order valence-electron chi connectivity index (χ3n) is 1.75. The summed E-state index contributed by atoms with van der Waals surface area (Å²) in [6.07, 6.45) is 5.20. The van der Waals surface area contributed by atoms with E-state index in [1.54, 1.807) is 0 Å². The lowest BCUT2D eigenvalue weighted by Crippen LogP contribution is -2.24. The number of benzene rings is 1. The van der Waals surface area contributed by atoms with Gasteiger partial charge in [0.2, 0.25) is 0 Å². The maximum atomic E-state index is 5.20.